The van der Waals surface area contributed by atoms with E-state index in [-0.39, 0.29) is 19.1 Å². The van der Waals surface area contributed by atoms with E-state index in [2.05, 4.69) is 6.58 Å². The Morgan fingerprint density at radius 1 is 1.29 bits per heavy atom. The summed E-state index contributed by atoms with van der Waals surface area (Å²) in [5.74, 6) is -3.84. The Morgan fingerprint density at radius 2 is 2.03 bits per heavy atom. The molecule has 1 spiro atoms. The number of carboxylic acids is 1. The summed E-state index contributed by atoms with van der Waals surface area (Å²) in [7, 11) is 0. The van der Waals surface area contributed by atoms with Crippen molar-refractivity contribution in [2.75, 3.05) is 18.1 Å². The van der Waals surface area contributed by atoms with Crippen LogP contribution in [0.15, 0.2) is 55.1 Å². The molecule has 3 heterocycles. The molecular weight excluding hydrogens is 436 g/mol. The van der Waals surface area contributed by atoms with E-state index in [1.165, 1.54) is 4.90 Å². The van der Waals surface area contributed by atoms with Crippen molar-refractivity contribution in [1.82, 2.24) is 4.90 Å². The van der Waals surface area contributed by atoms with Gasteiger partial charge in [0.15, 0.2) is 0 Å². The molecule has 2 amide bonds. The summed E-state index contributed by atoms with van der Waals surface area (Å²) in [6.07, 6.45) is 1.92. The van der Waals surface area contributed by atoms with Crippen LogP contribution in [-0.4, -0.2) is 69.8 Å². The predicted molar refractivity (Wildman–Crippen MR) is 125 cm³/mol. The van der Waals surface area contributed by atoms with Crippen molar-refractivity contribution in [2.24, 2.45) is 11.8 Å². The molecule has 0 aliphatic carbocycles. The Kier molecular flexibility index (Phi) is 5.45. The monoisotopic (exact) mass is 464 g/mol. The fourth-order valence-corrected chi connectivity index (χ4v) is 6.16. The zero-order valence-electron chi connectivity index (χ0n) is 19.0. The van der Waals surface area contributed by atoms with E-state index >= 15 is 0 Å². The maximum atomic E-state index is 14.2. The number of anilines is 1. The number of carboxylic acid groups (broad SMARTS) is 1. The number of benzene rings is 2. The number of hydrogen-bond donors (Lipinski definition) is 2. The highest BCUT2D eigenvalue weighted by Gasteiger charge is 2.75. The zero-order chi connectivity index (χ0) is 24.2. The number of aliphatic hydroxyl groups excluding tert-OH is 1. The second-order valence-electron chi connectivity index (χ2n) is 9.44. The fourth-order valence-electron chi connectivity index (χ4n) is 6.16. The van der Waals surface area contributed by atoms with Crippen LogP contribution in [0, 0.1) is 11.8 Å². The van der Waals surface area contributed by atoms with E-state index in [9.17, 15) is 24.6 Å². The van der Waals surface area contributed by atoms with Gasteiger partial charge in [0, 0.05) is 12.2 Å². The van der Waals surface area contributed by atoms with Crippen LogP contribution in [-0.2, 0) is 19.1 Å². The smallest absolute Gasteiger partial charge is 0.310 e. The average Bonchev–Trinajstić information content (AvgIpc) is 3.48. The van der Waals surface area contributed by atoms with Crippen LogP contribution in [0.3, 0.4) is 0 Å². The molecule has 3 saturated heterocycles. The minimum absolute atomic E-state index is 0.204. The molecule has 0 aromatic heterocycles. The number of likely N-dealkylation sites (tertiary alicyclic amines) is 1. The standard InChI is InChI=1S/C26H28N2O6/c1-3-12-27(18-9-8-16-6-4-5-7-17(16)13-18)24(31)22-26-11-10-19(34-26)20(25(32)33)21(26)23(30)28(22)15(2)14-29/h3-9,13,15,19-22,29H,1,10-12,14H2,2H3,(H,32,33)/t15-,19+,20-,21+,22?,26?/m1/s1. The SMILES string of the molecule is C=CCN(C(=O)C1N([C@H](C)CO)C(=O)[C@@H]2[C@H](C(=O)O)[C@@H]3CCC12O3)c1ccc2ccccc2c1. The van der Waals surface area contributed by atoms with E-state index in [1.807, 2.05) is 42.5 Å². The van der Waals surface area contributed by atoms with Gasteiger partial charge < -0.3 is 24.7 Å². The first-order valence-corrected chi connectivity index (χ1v) is 11.6. The number of fused-ring (bicyclic) bond motifs is 2. The summed E-state index contributed by atoms with van der Waals surface area (Å²) in [5.41, 5.74) is -0.573. The van der Waals surface area contributed by atoms with Crippen molar-refractivity contribution < 1.29 is 29.3 Å². The van der Waals surface area contributed by atoms with Gasteiger partial charge in [-0.1, -0.05) is 36.4 Å². The Balaban J connectivity index is 1.61. The Morgan fingerprint density at radius 3 is 2.71 bits per heavy atom. The largest absolute Gasteiger partial charge is 0.481 e. The molecule has 2 bridgehead atoms. The summed E-state index contributed by atoms with van der Waals surface area (Å²) in [6, 6.07) is 11.8. The second-order valence-corrected chi connectivity index (χ2v) is 9.44. The third kappa shape index (κ3) is 3.09. The van der Waals surface area contributed by atoms with Crippen LogP contribution in [0.25, 0.3) is 10.8 Å². The van der Waals surface area contributed by atoms with Gasteiger partial charge in [0.1, 0.15) is 11.6 Å². The number of aliphatic hydroxyl groups is 1. The Hall–Kier alpha value is -3.23. The number of aliphatic carboxylic acids is 1. The van der Waals surface area contributed by atoms with E-state index in [1.54, 1.807) is 17.9 Å². The van der Waals surface area contributed by atoms with E-state index in [0.29, 0.717) is 18.5 Å². The maximum Gasteiger partial charge on any atom is 0.310 e. The van der Waals surface area contributed by atoms with Crippen LogP contribution in [0.1, 0.15) is 19.8 Å². The molecule has 34 heavy (non-hydrogen) atoms. The maximum absolute atomic E-state index is 14.2. The highest BCUT2D eigenvalue weighted by molar-refractivity contribution is 6.05. The van der Waals surface area contributed by atoms with Crippen LogP contribution >= 0.6 is 0 Å². The molecule has 2 aromatic carbocycles. The molecule has 3 aliphatic rings. The molecular formula is C26H28N2O6. The van der Waals surface area contributed by atoms with Crippen molar-refractivity contribution in [2.45, 2.75) is 43.6 Å². The average molecular weight is 465 g/mol. The molecule has 178 valence electrons. The molecule has 6 atom stereocenters. The van der Waals surface area contributed by atoms with Crippen molar-refractivity contribution >= 4 is 34.2 Å². The van der Waals surface area contributed by atoms with E-state index < -0.39 is 47.5 Å². The molecule has 3 aliphatic heterocycles. The summed E-state index contributed by atoms with van der Waals surface area (Å²) in [4.78, 5) is 42.8. The summed E-state index contributed by atoms with van der Waals surface area (Å²) in [6.45, 7) is 5.32. The van der Waals surface area contributed by atoms with Crippen molar-refractivity contribution in [1.29, 1.82) is 0 Å². The van der Waals surface area contributed by atoms with Gasteiger partial charge in [-0.3, -0.25) is 14.4 Å². The first-order chi connectivity index (χ1) is 16.3. The Labute approximate surface area is 197 Å². The van der Waals surface area contributed by atoms with Gasteiger partial charge in [-0.15, -0.1) is 6.58 Å². The van der Waals surface area contributed by atoms with Gasteiger partial charge in [0.2, 0.25) is 5.91 Å². The summed E-state index contributed by atoms with van der Waals surface area (Å²) >= 11 is 0. The third-order valence-corrected chi connectivity index (χ3v) is 7.62. The quantitative estimate of drug-likeness (QED) is 0.609. The van der Waals surface area contributed by atoms with Gasteiger partial charge in [-0.2, -0.15) is 0 Å². The number of carbonyl (C=O) groups excluding carboxylic acids is 2. The topological polar surface area (TPSA) is 107 Å². The summed E-state index contributed by atoms with van der Waals surface area (Å²) < 4.78 is 6.22. The van der Waals surface area contributed by atoms with Crippen molar-refractivity contribution in [3.8, 4) is 0 Å². The first-order valence-electron chi connectivity index (χ1n) is 11.6. The van der Waals surface area contributed by atoms with Crippen LogP contribution in [0.4, 0.5) is 5.69 Å². The van der Waals surface area contributed by atoms with Gasteiger partial charge >= 0.3 is 5.97 Å². The van der Waals surface area contributed by atoms with Gasteiger partial charge in [0.25, 0.3) is 5.91 Å². The lowest BCUT2D eigenvalue weighted by atomic mass is 9.70. The summed E-state index contributed by atoms with van der Waals surface area (Å²) in [5, 5.41) is 21.8. The highest BCUT2D eigenvalue weighted by Crippen LogP contribution is 2.59. The number of rotatable bonds is 7. The first kappa shape index (κ1) is 22.6. The molecule has 8 nitrogen and oxygen atoms in total. The minimum atomic E-state index is -1.22. The predicted octanol–water partition coefficient (Wildman–Crippen LogP) is 2.20. The van der Waals surface area contributed by atoms with Crippen LogP contribution < -0.4 is 4.90 Å². The number of ether oxygens (including phenoxy) is 1. The third-order valence-electron chi connectivity index (χ3n) is 7.62. The number of amides is 2. The van der Waals surface area contributed by atoms with Crippen LogP contribution in [0.5, 0.6) is 0 Å². The molecule has 5 rings (SSSR count). The van der Waals surface area contributed by atoms with Gasteiger partial charge in [0.05, 0.1) is 30.6 Å². The number of carbonyl (C=O) groups is 3. The van der Waals surface area contributed by atoms with E-state index in [4.69, 9.17) is 4.74 Å². The van der Waals surface area contributed by atoms with Gasteiger partial charge in [-0.05, 0) is 42.7 Å². The van der Waals surface area contributed by atoms with Crippen molar-refractivity contribution in [3.05, 3.63) is 55.1 Å². The lowest BCUT2D eigenvalue weighted by Crippen LogP contribution is -2.58. The molecule has 3 fully saturated rings. The normalized spacial score (nSPS) is 30.4. The molecule has 2 aromatic rings. The Bertz CT molecular complexity index is 1180. The molecule has 2 unspecified atom stereocenters. The van der Waals surface area contributed by atoms with Gasteiger partial charge in [-0.25, -0.2) is 0 Å². The van der Waals surface area contributed by atoms with Crippen LogP contribution in [0.2, 0.25) is 0 Å². The minimum Gasteiger partial charge on any atom is -0.481 e. The zero-order valence-corrected chi connectivity index (χ0v) is 19.0. The number of hydrogen-bond acceptors (Lipinski definition) is 5. The highest BCUT2D eigenvalue weighted by atomic mass is 16.5. The number of nitrogens with zero attached hydrogens (tertiary/aromatic N) is 2. The molecule has 0 radical (unpaired) electrons. The fraction of sp³-hybridized carbons (Fsp3) is 0.423. The molecule has 8 heteroatoms. The second kappa shape index (κ2) is 8.21. The van der Waals surface area contributed by atoms with Crippen molar-refractivity contribution in [3.63, 3.8) is 0 Å². The lowest BCUT2D eigenvalue weighted by molar-refractivity contribution is -0.150. The van der Waals surface area contributed by atoms with E-state index in [0.717, 1.165) is 10.8 Å². The molecule has 0 saturated carbocycles. The lowest BCUT2D eigenvalue weighted by Gasteiger charge is -2.38. The molecule has 2 N–H and O–H groups in total.